The molecule has 0 fully saturated rings. The van der Waals surface area contributed by atoms with Gasteiger partial charge in [-0.05, 0) is 19.4 Å². The van der Waals surface area contributed by atoms with Crippen LogP contribution in [0.25, 0.3) is 0 Å². The number of nitrogens with zero attached hydrogens (tertiary/aromatic N) is 1. The van der Waals surface area contributed by atoms with E-state index in [9.17, 15) is 0 Å². The van der Waals surface area contributed by atoms with Gasteiger partial charge in [0.25, 0.3) is 0 Å². The monoisotopic (exact) mass is 382 g/mol. The summed E-state index contributed by atoms with van der Waals surface area (Å²) >= 11 is 0. The average molecular weight is 383 g/mol. The van der Waals surface area contributed by atoms with E-state index >= 15 is 0 Å². The first kappa shape index (κ1) is 26.2. The highest BCUT2D eigenvalue weighted by molar-refractivity contribution is 5.75. The lowest BCUT2D eigenvalue weighted by Crippen LogP contribution is -2.22. The predicted molar refractivity (Wildman–Crippen MR) is 122 cm³/mol. The quantitative estimate of drug-likeness (QED) is 0.121. The molecule has 0 bridgehead atoms. The summed E-state index contributed by atoms with van der Waals surface area (Å²) in [5.74, 6) is 0.222. The number of guanidine groups is 1. The Bertz CT molecular complexity index is 301. The van der Waals surface area contributed by atoms with Crippen molar-refractivity contribution in [2.45, 2.75) is 128 Å². The number of hydrogen-bond acceptors (Lipinski definition) is 2. The fourth-order valence-corrected chi connectivity index (χ4v) is 3.65. The molecule has 162 valence electrons. The van der Waals surface area contributed by atoms with Gasteiger partial charge in [-0.3, -0.25) is 4.99 Å². The van der Waals surface area contributed by atoms with Crippen LogP contribution in [-0.2, 0) is 0 Å². The Morgan fingerprint density at radius 1 is 0.407 bits per heavy atom. The van der Waals surface area contributed by atoms with Crippen LogP contribution in [0.1, 0.15) is 128 Å². The van der Waals surface area contributed by atoms with E-state index in [1.165, 1.54) is 122 Å². The van der Waals surface area contributed by atoms with Gasteiger partial charge in [-0.15, -0.1) is 0 Å². The van der Waals surface area contributed by atoms with Crippen LogP contribution in [0.2, 0.25) is 0 Å². The molecule has 4 heteroatoms. The lowest BCUT2D eigenvalue weighted by atomic mass is 10.0. The Morgan fingerprint density at radius 2 is 0.667 bits per heavy atom. The Balaban J connectivity index is 3.00. The Morgan fingerprint density at radius 3 is 0.926 bits per heavy atom. The molecule has 0 aliphatic rings. The lowest BCUT2D eigenvalue weighted by molar-refractivity contribution is 0.521. The summed E-state index contributed by atoms with van der Waals surface area (Å²) in [6.07, 6.45) is 27.7. The van der Waals surface area contributed by atoms with E-state index in [1.54, 1.807) is 0 Å². The van der Waals surface area contributed by atoms with Crippen molar-refractivity contribution in [3.63, 3.8) is 0 Å². The molecule has 4 nitrogen and oxygen atoms in total. The summed E-state index contributed by atoms with van der Waals surface area (Å²) in [4.78, 5) is 4.01. The maximum atomic E-state index is 5.51. The molecule has 6 N–H and O–H groups in total. The summed E-state index contributed by atoms with van der Waals surface area (Å²) in [6, 6.07) is 0. The van der Waals surface area contributed by atoms with E-state index in [-0.39, 0.29) is 5.96 Å². The minimum absolute atomic E-state index is 0.222. The zero-order valence-electron chi connectivity index (χ0n) is 18.2. The van der Waals surface area contributed by atoms with E-state index in [1.807, 2.05) is 0 Å². The van der Waals surface area contributed by atoms with Crippen LogP contribution in [0.4, 0.5) is 0 Å². The van der Waals surface area contributed by atoms with E-state index in [0.29, 0.717) is 0 Å². The number of nitrogens with two attached hydrogens (primary N) is 3. The van der Waals surface area contributed by atoms with Crippen LogP contribution >= 0.6 is 0 Å². The van der Waals surface area contributed by atoms with Gasteiger partial charge in [0.2, 0.25) is 0 Å². The van der Waals surface area contributed by atoms with Crippen LogP contribution in [0.15, 0.2) is 4.99 Å². The van der Waals surface area contributed by atoms with Crippen molar-refractivity contribution in [2.24, 2.45) is 22.2 Å². The van der Waals surface area contributed by atoms with E-state index < -0.39 is 0 Å². The van der Waals surface area contributed by atoms with Gasteiger partial charge in [-0.1, -0.05) is 116 Å². The molecule has 0 atom stereocenters. The third-order valence-corrected chi connectivity index (χ3v) is 5.41. The van der Waals surface area contributed by atoms with E-state index in [4.69, 9.17) is 17.2 Å². The van der Waals surface area contributed by atoms with Crippen LogP contribution < -0.4 is 17.2 Å². The molecule has 0 aliphatic carbocycles. The average Bonchev–Trinajstić information content (AvgIpc) is 2.65. The minimum atomic E-state index is 0.222. The zero-order valence-corrected chi connectivity index (χ0v) is 18.2. The highest BCUT2D eigenvalue weighted by Crippen LogP contribution is 2.14. The van der Waals surface area contributed by atoms with Gasteiger partial charge in [0.15, 0.2) is 5.96 Å². The normalized spacial score (nSPS) is 11.0. The van der Waals surface area contributed by atoms with E-state index in [2.05, 4.69) is 4.99 Å². The summed E-state index contributed by atoms with van der Waals surface area (Å²) in [5.41, 5.74) is 16.1. The first-order valence-corrected chi connectivity index (χ1v) is 12.0. The smallest absolute Gasteiger partial charge is 0.185 e. The van der Waals surface area contributed by atoms with Gasteiger partial charge in [0, 0.05) is 6.54 Å². The molecule has 0 rings (SSSR count). The second-order valence-corrected chi connectivity index (χ2v) is 8.17. The largest absolute Gasteiger partial charge is 0.370 e. The first-order valence-electron chi connectivity index (χ1n) is 12.0. The van der Waals surface area contributed by atoms with Gasteiger partial charge in [-0.25, -0.2) is 0 Å². The number of hydrogen-bond donors (Lipinski definition) is 3. The molecule has 0 saturated carbocycles. The predicted octanol–water partition coefficient (Wildman–Crippen LogP) is 6.02. The van der Waals surface area contributed by atoms with Crippen molar-refractivity contribution in [2.75, 3.05) is 13.1 Å². The van der Waals surface area contributed by atoms with Gasteiger partial charge in [0.05, 0.1) is 0 Å². The highest BCUT2D eigenvalue weighted by atomic mass is 15.0. The molecule has 0 heterocycles. The third kappa shape index (κ3) is 25.2. The molecular formula is C23H50N4. The maximum absolute atomic E-state index is 5.51. The number of unbranched alkanes of at least 4 members (excludes halogenated alkanes) is 19. The standard InChI is InChI=1S/C23H50N4/c24-21-19-17-15-13-11-9-7-5-3-1-2-4-6-8-10-12-14-16-18-20-22-27-23(25)26/h1-22,24H2,(H4,25,26,27). The highest BCUT2D eigenvalue weighted by Gasteiger charge is 1.95. The molecule has 0 aromatic carbocycles. The van der Waals surface area contributed by atoms with Crippen LogP contribution in [-0.4, -0.2) is 19.0 Å². The molecule has 0 aliphatic heterocycles. The van der Waals surface area contributed by atoms with Crippen molar-refractivity contribution >= 4 is 5.96 Å². The minimum Gasteiger partial charge on any atom is -0.370 e. The topological polar surface area (TPSA) is 90.4 Å². The third-order valence-electron chi connectivity index (χ3n) is 5.41. The molecule has 0 saturated heterocycles. The summed E-state index contributed by atoms with van der Waals surface area (Å²) in [5, 5.41) is 0. The molecule has 0 radical (unpaired) electrons. The molecule has 0 aromatic rings. The maximum Gasteiger partial charge on any atom is 0.185 e. The Kier molecular flexibility index (Phi) is 22.6. The van der Waals surface area contributed by atoms with Gasteiger partial charge in [-0.2, -0.15) is 0 Å². The molecular weight excluding hydrogens is 332 g/mol. The van der Waals surface area contributed by atoms with Crippen molar-refractivity contribution < 1.29 is 0 Å². The fourth-order valence-electron chi connectivity index (χ4n) is 3.65. The molecule has 0 aromatic heterocycles. The number of rotatable bonds is 22. The van der Waals surface area contributed by atoms with Crippen LogP contribution in [0, 0.1) is 0 Å². The zero-order chi connectivity index (χ0) is 19.8. The lowest BCUT2D eigenvalue weighted by Gasteiger charge is -2.04. The summed E-state index contributed by atoms with van der Waals surface area (Å²) in [7, 11) is 0. The summed E-state index contributed by atoms with van der Waals surface area (Å²) in [6.45, 7) is 1.65. The summed E-state index contributed by atoms with van der Waals surface area (Å²) < 4.78 is 0. The Labute approximate surface area is 170 Å². The van der Waals surface area contributed by atoms with Crippen molar-refractivity contribution in [1.82, 2.24) is 0 Å². The van der Waals surface area contributed by atoms with Crippen molar-refractivity contribution in [3.05, 3.63) is 0 Å². The fraction of sp³-hybridized carbons (Fsp3) is 0.957. The van der Waals surface area contributed by atoms with Gasteiger partial charge >= 0.3 is 0 Å². The Hall–Kier alpha value is -0.770. The molecule has 0 spiro atoms. The molecule has 0 unspecified atom stereocenters. The molecule has 27 heavy (non-hydrogen) atoms. The second kappa shape index (κ2) is 23.3. The van der Waals surface area contributed by atoms with Gasteiger partial charge < -0.3 is 17.2 Å². The number of aliphatic imine (C=N–C) groups is 1. The van der Waals surface area contributed by atoms with Crippen molar-refractivity contribution in [3.8, 4) is 0 Å². The van der Waals surface area contributed by atoms with Crippen LogP contribution in [0.5, 0.6) is 0 Å². The molecule has 0 amide bonds. The second-order valence-electron chi connectivity index (χ2n) is 8.17. The van der Waals surface area contributed by atoms with Crippen LogP contribution in [0.3, 0.4) is 0 Å². The SMILES string of the molecule is NCCCCCCCCCCCCCCCCCCCCCCN=C(N)N. The van der Waals surface area contributed by atoms with Gasteiger partial charge in [0.1, 0.15) is 0 Å². The van der Waals surface area contributed by atoms with Crippen molar-refractivity contribution in [1.29, 1.82) is 0 Å². The van der Waals surface area contributed by atoms with E-state index in [0.717, 1.165) is 19.5 Å². The first-order chi connectivity index (χ1) is 13.3.